The summed E-state index contributed by atoms with van der Waals surface area (Å²) in [5, 5.41) is 2.79. The highest BCUT2D eigenvalue weighted by Crippen LogP contribution is 2.47. The molecule has 36 heavy (non-hydrogen) atoms. The molecule has 9 nitrogen and oxygen atoms in total. The molecular formula is C27H25N7O2. The molecule has 1 aromatic carbocycles. The molecule has 3 atom stereocenters. The number of hydrogen-bond donors (Lipinski definition) is 2. The highest BCUT2D eigenvalue weighted by molar-refractivity contribution is 6.04. The summed E-state index contributed by atoms with van der Waals surface area (Å²) in [5.41, 5.74) is 9.09. The topological polar surface area (TPSA) is 119 Å². The number of fused-ring (bicyclic) bond motifs is 3. The molecule has 3 aromatic heterocycles. The molecule has 0 saturated carbocycles. The van der Waals surface area contributed by atoms with Gasteiger partial charge < -0.3 is 16.0 Å². The Morgan fingerprint density at radius 3 is 2.67 bits per heavy atom. The van der Waals surface area contributed by atoms with Crippen LogP contribution in [0.4, 0.5) is 11.6 Å². The molecule has 0 radical (unpaired) electrons. The third-order valence-corrected chi connectivity index (χ3v) is 7.23. The minimum atomic E-state index is -0.245. The predicted octanol–water partition coefficient (Wildman–Crippen LogP) is 3.66. The number of benzene rings is 1. The molecule has 2 fully saturated rings. The first-order valence-electron chi connectivity index (χ1n) is 11.9. The number of rotatable bonds is 5. The number of nitrogens with two attached hydrogens (primary N) is 1. The zero-order valence-electron chi connectivity index (χ0n) is 19.5. The Morgan fingerprint density at radius 2 is 1.92 bits per heavy atom. The second-order valence-electron chi connectivity index (χ2n) is 9.19. The number of aromatic nitrogens is 4. The van der Waals surface area contributed by atoms with E-state index in [1.165, 1.54) is 6.08 Å². The van der Waals surface area contributed by atoms with E-state index in [2.05, 4.69) is 21.9 Å². The minimum absolute atomic E-state index is 0.0215. The second kappa shape index (κ2) is 8.60. The van der Waals surface area contributed by atoms with Crippen LogP contribution in [0.2, 0.25) is 0 Å². The molecule has 0 unspecified atom stereocenters. The van der Waals surface area contributed by atoms with E-state index in [-0.39, 0.29) is 29.8 Å². The van der Waals surface area contributed by atoms with E-state index < -0.39 is 0 Å². The summed E-state index contributed by atoms with van der Waals surface area (Å²) < 4.78 is 2.00. The van der Waals surface area contributed by atoms with Crippen molar-refractivity contribution < 1.29 is 9.59 Å². The van der Waals surface area contributed by atoms with Gasteiger partial charge in [0, 0.05) is 47.7 Å². The van der Waals surface area contributed by atoms with Crippen molar-refractivity contribution in [2.45, 2.75) is 37.3 Å². The molecule has 180 valence electrons. The first-order valence-corrected chi connectivity index (χ1v) is 11.9. The summed E-state index contributed by atoms with van der Waals surface area (Å²) >= 11 is 0. The monoisotopic (exact) mass is 479 g/mol. The molecule has 2 aliphatic heterocycles. The Kier molecular flexibility index (Phi) is 5.25. The van der Waals surface area contributed by atoms with Gasteiger partial charge in [-0.15, -0.1) is 0 Å². The molecule has 2 amide bonds. The van der Waals surface area contributed by atoms with Crippen molar-refractivity contribution in [2.75, 3.05) is 11.1 Å². The summed E-state index contributed by atoms with van der Waals surface area (Å²) in [6.07, 6.45) is 9.37. The lowest BCUT2D eigenvalue weighted by Gasteiger charge is -2.22. The van der Waals surface area contributed by atoms with E-state index in [1.807, 2.05) is 33.7 Å². The normalized spacial score (nSPS) is 20.6. The highest BCUT2D eigenvalue weighted by atomic mass is 16.2. The Morgan fingerprint density at radius 1 is 1.08 bits per heavy atom. The van der Waals surface area contributed by atoms with Gasteiger partial charge in [-0.05, 0) is 49.6 Å². The van der Waals surface area contributed by atoms with Crippen molar-refractivity contribution in [3.63, 3.8) is 0 Å². The molecule has 5 heterocycles. The van der Waals surface area contributed by atoms with Gasteiger partial charge >= 0.3 is 0 Å². The lowest BCUT2D eigenvalue weighted by atomic mass is 9.88. The molecule has 3 N–H and O–H groups in total. The molecule has 6 rings (SSSR count). The van der Waals surface area contributed by atoms with Crippen LogP contribution in [0.15, 0.2) is 73.7 Å². The Hall–Kier alpha value is -4.53. The smallest absolute Gasteiger partial charge is 0.256 e. The van der Waals surface area contributed by atoms with Gasteiger partial charge in [0.2, 0.25) is 5.91 Å². The fourth-order valence-corrected chi connectivity index (χ4v) is 5.67. The van der Waals surface area contributed by atoms with Gasteiger partial charge in [-0.25, -0.2) is 15.0 Å². The number of nitrogens with zero attached hydrogens (tertiary/aromatic N) is 5. The molecule has 2 bridgehead atoms. The molecule has 2 aliphatic rings. The number of anilines is 2. The molecule has 0 aliphatic carbocycles. The van der Waals surface area contributed by atoms with Crippen molar-refractivity contribution in [2.24, 2.45) is 0 Å². The van der Waals surface area contributed by atoms with Crippen LogP contribution in [0.3, 0.4) is 0 Å². The van der Waals surface area contributed by atoms with Crippen LogP contribution in [0.25, 0.3) is 16.8 Å². The van der Waals surface area contributed by atoms with Crippen molar-refractivity contribution in [3.05, 3.63) is 85.1 Å². The maximum Gasteiger partial charge on any atom is 0.256 e. The lowest BCUT2D eigenvalue weighted by Crippen LogP contribution is -2.35. The van der Waals surface area contributed by atoms with Gasteiger partial charge in [-0.2, -0.15) is 0 Å². The largest absolute Gasteiger partial charge is 0.382 e. The number of pyridine rings is 1. The van der Waals surface area contributed by atoms with E-state index in [1.54, 1.807) is 36.7 Å². The second-order valence-corrected chi connectivity index (χ2v) is 9.19. The number of nitrogens with one attached hydrogen (secondary N) is 1. The number of carbonyl (C=O) groups excluding carboxylic acids is 2. The number of imidazole rings is 1. The predicted molar refractivity (Wildman–Crippen MR) is 136 cm³/mol. The van der Waals surface area contributed by atoms with Crippen molar-refractivity contribution in [1.29, 1.82) is 0 Å². The molecular weight excluding hydrogens is 454 g/mol. The van der Waals surface area contributed by atoms with Gasteiger partial charge in [0.15, 0.2) is 0 Å². The highest BCUT2D eigenvalue weighted by Gasteiger charge is 2.49. The van der Waals surface area contributed by atoms with Gasteiger partial charge in [-0.3, -0.25) is 14.0 Å². The third kappa shape index (κ3) is 3.51. The SMILES string of the molecule is C=CC(=O)N1[C@@H]2CC[C@H]1[C@@H](c1nc(-c3ccc(C(=O)Nc4ccccn4)cc3)c3c(N)nccn13)C2. The van der Waals surface area contributed by atoms with Crippen LogP contribution in [0.5, 0.6) is 0 Å². The summed E-state index contributed by atoms with van der Waals surface area (Å²) in [4.78, 5) is 40.6. The van der Waals surface area contributed by atoms with E-state index in [0.717, 1.165) is 36.2 Å². The van der Waals surface area contributed by atoms with Gasteiger partial charge in [0.1, 0.15) is 28.7 Å². The summed E-state index contributed by atoms with van der Waals surface area (Å²) in [6, 6.07) is 12.9. The summed E-state index contributed by atoms with van der Waals surface area (Å²) in [5.74, 6) is 1.58. The van der Waals surface area contributed by atoms with E-state index in [9.17, 15) is 9.59 Å². The quantitative estimate of drug-likeness (QED) is 0.422. The third-order valence-electron chi connectivity index (χ3n) is 7.23. The van der Waals surface area contributed by atoms with Gasteiger partial charge in [0.25, 0.3) is 5.91 Å². The van der Waals surface area contributed by atoms with Crippen molar-refractivity contribution in [3.8, 4) is 11.3 Å². The van der Waals surface area contributed by atoms with Crippen LogP contribution in [0.1, 0.15) is 41.4 Å². The zero-order valence-corrected chi connectivity index (χ0v) is 19.5. The van der Waals surface area contributed by atoms with E-state index in [4.69, 9.17) is 10.7 Å². The number of hydrogen-bond acceptors (Lipinski definition) is 6. The van der Waals surface area contributed by atoms with Crippen LogP contribution in [0, 0.1) is 0 Å². The average molecular weight is 480 g/mol. The van der Waals surface area contributed by atoms with Crippen LogP contribution in [-0.2, 0) is 4.79 Å². The maximum absolute atomic E-state index is 12.7. The first kappa shape index (κ1) is 22.0. The fraction of sp³-hybridized carbons (Fsp3) is 0.222. The Labute approximate surface area is 207 Å². The van der Waals surface area contributed by atoms with Gasteiger partial charge in [-0.1, -0.05) is 24.8 Å². The maximum atomic E-state index is 12.7. The van der Waals surface area contributed by atoms with Crippen LogP contribution in [-0.4, -0.2) is 48.2 Å². The first-order chi connectivity index (χ1) is 17.5. The van der Waals surface area contributed by atoms with Crippen molar-refractivity contribution >= 4 is 29.0 Å². The van der Waals surface area contributed by atoms with Gasteiger partial charge in [0.05, 0.1) is 0 Å². The van der Waals surface area contributed by atoms with E-state index >= 15 is 0 Å². The summed E-state index contributed by atoms with van der Waals surface area (Å²) in [7, 11) is 0. The summed E-state index contributed by atoms with van der Waals surface area (Å²) in [6.45, 7) is 3.68. The Balaban J connectivity index is 1.35. The number of nitrogen functional groups attached to an aromatic ring is 1. The zero-order chi connectivity index (χ0) is 24.8. The molecule has 0 spiro atoms. The number of carbonyl (C=O) groups is 2. The van der Waals surface area contributed by atoms with Crippen molar-refractivity contribution in [1.82, 2.24) is 24.3 Å². The standard InChI is InChI=1S/C27H25N7O2/c1-2-22(35)34-18-10-11-20(34)19(15-18)26-32-23(24-25(28)30-13-14-33(24)26)16-6-8-17(9-7-16)27(36)31-21-5-3-4-12-29-21/h2-9,12-14,18-20H,1,10-11,15H2,(H2,28,30)(H,29,31,36)/t18-,19+,20+/m1/s1. The molecule has 2 saturated heterocycles. The fourth-order valence-electron chi connectivity index (χ4n) is 5.67. The van der Waals surface area contributed by atoms with Crippen LogP contribution >= 0.6 is 0 Å². The molecule has 9 heteroatoms. The average Bonchev–Trinajstić information content (AvgIpc) is 3.60. The number of amides is 2. The van der Waals surface area contributed by atoms with Crippen LogP contribution < -0.4 is 11.1 Å². The lowest BCUT2D eigenvalue weighted by molar-refractivity contribution is -0.127. The molecule has 4 aromatic rings. The van der Waals surface area contributed by atoms with E-state index in [0.29, 0.717) is 22.9 Å². The Bertz CT molecular complexity index is 1480. The minimum Gasteiger partial charge on any atom is -0.382 e.